The second kappa shape index (κ2) is 4.31. The maximum absolute atomic E-state index is 11.9. The molecule has 5 heteroatoms. The van der Waals surface area contributed by atoms with E-state index in [0.29, 0.717) is 0 Å². The first-order chi connectivity index (χ1) is 7.97. The summed E-state index contributed by atoms with van der Waals surface area (Å²) < 4.78 is 6.67. The molecule has 1 heterocycles. The van der Waals surface area contributed by atoms with Crippen molar-refractivity contribution in [3.63, 3.8) is 0 Å². The quantitative estimate of drug-likeness (QED) is 0.859. The number of nitrogens with zero attached hydrogens (tertiary/aromatic N) is 1. The molecule has 0 spiro atoms. The highest BCUT2D eigenvalue weighted by molar-refractivity contribution is 9.10. The van der Waals surface area contributed by atoms with Crippen molar-refractivity contribution in [1.82, 2.24) is 0 Å². The summed E-state index contributed by atoms with van der Waals surface area (Å²) in [7, 11) is 1.74. The van der Waals surface area contributed by atoms with Gasteiger partial charge in [0.2, 0.25) is 0 Å². The van der Waals surface area contributed by atoms with Gasteiger partial charge in [-0.15, -0.1) is 0 Å². The van der Waals surface area contributed by atoms with Gasteiger partial charge < -0.3 is 15.4 Å². The van der Waals surface area contributed by atoms with Crippen molar-refractivity contribution >= 4 is 27.5 Å². The van der Waals surface area contributed by atoms with Gasteiger partial charge in [0.15, 0.2) is 6.10 Å². The topological polar surface area (TPSA) is 55.6 Å². The average Bonchev–Trinajstić information content (AvgIpc) is 2.32. The molecule has 1 aromatic rings. The number of likely N-dealkylation sites (N-methyl/N-ethyl adjacent to an activating group) is 1. The molecule has 0 fully saturated rings. The number of ether oxygens (including phenoxy) is 1. The molecule has 2 N–H and O–H groups in total. The maximum Gasteiger partial charge on any atom is 0.269 e. The van der Waals surface area contributed by atoms with Crippen LogP contribution < -0.4 is 15.4 Å². The van der Waals surface area contributed by atoms with Crippen LogP contribution in [0.15, 0.2) is 10.5 Å². The van der Waals surface area contributed by atoms with E-state index in [1.54, 1.807) is 11.9 Å². The fraction of sp³-hybridized carbons (Fsp3) is 0.417. The molecule has 0 radical (unpaired) electrons. The number of amides is 1. The Hall–Kier alpha value is -1.07. The van der Waals surface area contributed by atoms with Crippen molar-refractivity contribution in [2.75, 3.05) is 18.5 Å². The summed E-state index contributed by atoms with van der Waals surface area (Å²) in [5.41, 5.74) is 8.48. The van der Waals surface area contributed by atoms with Crippen LogP contribution in [0.3, 0.4) is 0 Å². The Bertz CT molecular complexity index is 488. The Labute approximate surface area is 109 Å². The van der Waals surface area contributed by atoms with E-state index < -0.39 is 6.10 Å². The first kappa shape index (κ1) is 12.4. The summed E-state index contributed by atoms with van der Waals surface area (Å²) in [5, 5.41) is 0. The summed E-state index contributed by atoms with van der Waals surface area (Å²) in [6, 6.07) is 1.91. The predicted octanol–water partition coefficient (Wildman–Crippen LogP) is 1.75. The van der Waals surface area contributed by atoms with Crippen LogP contribution in [0, 0.1) is 13.8 Å². The SMILES string of the molecule is Cc1c(Br)cc2c(c1C)OC(CN)C(=O)N2C. The number of nitrogens with two attached hydrogens (primary N) is 1. The van der Waals surface area contributed by atoms with Crippen molar-refractivity contribution in [3.05, 3.63) is 21.7 Å². The Morgan fingerprint density at radius 2 is 2.12 bits per heavy atom. The highest BCUT2D eigenvalue weighted by atomic mass is 79.9. The van der Waals surface area contributed by atoms with Crippen molar-refractivity contribution in [2.24, 2.45) is 5.73 Å². The summed E-state index contributed by atoms with van der Waals surface area (Å²) in [6.07, 6.45) is -0.577. The van der Waals surface area contributed by atoms with E-state index in [9.17, 15) is 4.79 Å². The van der Waals surface area contributed by atoms with Crippen LogP contribution in [0.4, 0.5) is 5.69 Å². The smallest absolute Gasteiger partial charge is 0.269 e. The Morgan fingerprint density at radius 3 is 2.71 bits per heavy atom. The number of halogens is 1. The van der Waals surface area contributed by atoms with Gasteiger partial charge in [0.1, 0.15) is 5.75 Å². The number of carbonyl (C=O) groups is 1. The van der Waals surface area contributed by atoms with E-state index in [2.05, 4.69) is 15.9 Å². The van der Waals surface area contributed by atoms with Crippen LogP contribution in [0.1, 0.15) is 11.1 Å². The van der Waals surface area contributed by atoms with E-state index in [4.69, 9.17) is 10.5 Å². The van der Waals surface area contributed by atoms with Crippen LogP contribution >= 0.6 is 15.9 Å². The molecule has 1 aliphatic rings. The lowest BCUT2D eigenvalue weighted by molar-refractivity contribution is -0.125. The number of hydrogen-bond donors (Lipinski definition) is 1. The first-order valence-electron chi connectivity index (χ1n) is 5.41. The second-order valence-corrected chi connectivity index (χ2v) is 5.05. The van der Waals surface area contributed by atoms with E-state index in [1.807, 2.05) is 19.9 Å². The molecular weight excluding hydrogens is 284 g/mol. The van der Waals surface area contributed by atoms with Crippen molar-refractivity contribution in [3.8, 4) is 5.75 Å². The molecule has 17 heavy (non-hydrogen) atoms. The molecule has 4 nitrogen and oxygen atoms in total. The summed E-state index contributed by atoms with van der Waals surface area (Å²) in [6.45, 7) is 4.18. The Kier molecular flexibility index (Phi) is 3.14. The fourth-order valence-electron chi connectivity index (χ4n) is 1.91. The van der Waals surface area contributed by atoms with Crippen LogP contribution in [0.5, 0.6) is 5.75 Å². The molecular formula is C12H15BrN2O2. The van der Waals surface area contributed by atoms with Gasteiger partial charge in [0, 0.05) is 18.1 Å². The molecule has 0 aliphatic carbocycles. The number of rotatable bonds is 1. The van der Waals surface area contributed by atoms with E-state index in [1.165, 1.54) is 0 Å². The highest BCUT2D eigenvalue weighted by Gasteiger charge is 2.33. The number of fused-ring (bicyclic) bond motifs is 1. The van der Waals surface area contributed by atoms with Crippen LogP contribution in [-0.4, -0.2) is 25.6 Å². The largest absolute Gasteiger partial charge is 0.477 e. The molecule has 1 aromatic carbocycles. The molecule has 1 atom stereocenters. The van der Waals surface area contributed by atoms with Gasteiger partial charge in [-0.05, 0) is 31.0 Å². The minimum Gasteiger partial charge on any atom is -0.477 e. The molecule has 1 unspecified atom stereocenters. The van der Waals surface area contributed by atoms with E-state index in [0.717, 1.165) is 27.0 Å². The lowest BCUT2D eigenvalue weighted by Gasteiger charge is -2.33. The van der Waals surface area contributed by atoms with Gasteiger partial charge >= 0.3 is 0 Å². The van der Waals surface area contributed by atoms with Crippen molar-refractivity contribution in [2.45, 2.75) is 20.0 Å². The van der Waals surface area contributed by atoms with Crippen molar-refractivity contribution < 1.29 is 9.53 Å². The summed E-state index contributed by atoms with van der Waals surface area (Å²) >= 11 is 3.49. The van der Waals surface area contributed by atoms with Gasteiger partial charge in [0.05, 0.1) is 5.69 Å². The minimum atomic E-state index is -0.577. The Balaban J connectivity index is 2.61. The predicted molar refractivity (Wildman–Crippen MR) is 70.5 cm³/mol. The third-order valence-electron chi connectivity index (χ3n) is 3.20. The van der Waals surface area contributed by atoms with E-state index in [-0.39, 0.29) is 12.5 Å². The van der Waals surface area contributed by atoms with Gasteiger partial charge in [-0.2, -0.15) is 0 Å². The molecule has 1 aliphatic heterocycles. The first-order valence-corrected chi connectivity index (χ1v) is 6.20. The lowest BCUT2D eigenvalue weighted by Crippen LogP contribution is -2.47. The highest BCUT2D eigenvalue weighted by Crippen LogP contribution is 2.40. The van der Waals surface area contributed by atoms with Gasteiger partial charge in [-0.1, -0.05) is 15.9 Å². The summed E-state index contributed by atoms with van der Waals surface area (Å²) in [5.74, 6) is 0.651. The Morgan fingerprint density at radius 1 is 1.47 bits per heavy atom. The maximum atomic E-state index is 11.9. The van der Waals surface area contributed by atoms with E-state index >= 15 is 0 Å². The normalized spacial score (nSPS) is 19.0. The van der Waals surface area contributed by atoms with Gasteiger partial charge in [-0.3, -0.25) is 4.79 Å². The molecule has 0 saturated heterocycles. The average molecular weight is 299 g/mol. The fourth-order valence-corrected chi connectivity index (χ4v) is 2.42. The zero-order valence-corrected chi connectivity index (χ0v) is 11.7. The standard InChI is InChI=1S/C12H15BrN2O2/c1-6-7(2)11-9(4-8(6)13)15(3)12(16)10(5-14)17-11/h4,10H,5,14H2,1-3H3. The molecule has 0 aromatic heterocycles. The van der Waals surface area contributed by atoms with Crippen molar-refractivity contribution in [1.29, 1.82) is 0 Å². The molecule has 2 rings (SSSR count). The molecule has 0 saturated carbocycles. The zero-order valence-electron chi connectivity index (χ0n) is 10.1. The minimum absolute atomic E-state index is 0.102. The van der Waals surface area contributed by atoms with Gasteiger partial charge in [0.25, 0.3) is 5.91 Å². The number of carbonyl (C=O) groups excluding carboxylic acids is 1. The van der Waals surface area contributed by atoms with Crippen LogP contribution in [0.2, 0.25) is 0 Å². The monoisotopic (exact) mass is 298 g/mol. The molecule has 1 amide bonds. The second-order valence-electron chi connectivity index (χ2n) is 4.20. The third kappa shape index (κ3) is 1.83. The van der Waals surface area contributed by atoms with Crippen LogP contribution in [-0.2, 0) is 4.79 Å². The number of hydrogen-bond acceptors (Lipinski definition) is 3. The number of anilines is 1. The lowest BCUT2D eigenvalue weighted by atomic mass is 10.1. The summed E-state index contributed by atoms with van der Waals surface area (Å²) in [4.78, 5) is 13.5. The number of benzene rings is 1. The zero-order chi connectivity index (χ0) is 12.7. The third-order valence-corrected chi connectivity index (χ3v) is 4.02. The van der Waals surface area contributed by atoms with Gasteiger partial charge in [-0.25, -0.2) is 0 Å². The molecule has 0 bridgehead atoms. The molecule has 92 valence electrons. The van der Waals surface area contributed by atoms with Crippen LogP contribution in [0.25, 0.3) is 0 Å².